The fourth-order valence-electron chi connectivity index (χ4n) is 8.79. The maximum absolute atomic E-state index is 15.4. The number of methoxy groups -OCH3 is 1. The summed E-state index contributed by atoms with van der Waals surface area (Å²) in [7, 11) is -0.939. The molecule has 1 N–H and O–H groups in total. The highest BCUT2D eigenvalue weighted by atomic mass is 28.3. The van der Waals surface area contributed by atoms with Crippen molar-refractivity contribution in [2.45, 2.75) is 50.2 Å². The minimum atomic E-state index is -2.58. The van der Waals surface area contributed by atoms with Crippen molar-refractivity contribution in [2.24, 2.45) is 5.92 Å². The van der Waals surface area contributed by atoms with Gasteiger partial charge >= 0.3 is 0 Å². The van der Waals surface area contributed by atoms with Crippen molar-refractivity contribution >= 4 is 54.2 Å². The minimum Gasteiger partial charge on any atom is -0.497 e. The molecule has 5 aromatic rings. The Balaban J connectivity index is 1.37. The first-order valence-electron chi connectivity index (χ1n) is 18.7. The van der Waals surface area contributed by atoms with E-state index in [4.69, 9.17) is 9.47 Å². The molecule has 4 atom stereocenters. The van der Waals surface area contributed by atoms with Crippen LogP contribution >= 0.6 is 0 Å². The van der Waals surface area contributed by atoms with Gasteiger partial charge in [-0.25, -0.2) is 0 Å². The molecular formula is C45H47N3O6Si. The van der Waals surface area contributed by atoms with Gasteiger partial charge in [-0.2, -0.15) is 0 Å². The first-order chi connectivity index (χ1) is 26.6. The van der Waals surface area contributed by atoms with Crippen LogP contribution in [0.25, 0.3) is 0 Å². The number of para-hydroxylation sites is 2. The second-order valence-corrected chi connectivity index (χ2v) is 19.6. The zero-order valence-electron chi connectivity index (χ0n) is 31.7. The lowest BCUT2D eigenvalue weighted by Crippen LogP contribution is -2.52. The summed E-state index contributed by atoms with van der Waals surface area (Å²) >= 11 is 0. The van der Waals surface area contributed by atoms with Gasteiger partial charge in [0.2, 0.25) is 12.3 Å². The molecule has 0 saturated carbocycles. The van der Waals surface area contributed by atoms with Crippen molar-refractivity contribution in [1.82, 2.24) is 4.90 Å². The Kier molecular flexibility index (Phi) is 10.8. The number of hydrogen-bond acceptors (Lipinski definition) is 6. The van der Waals surface area contributed by atoms with Crippen LogP contribution in [0.15, 0.2) is 133 Å². The number of hydrogen-bond donors (Lipinski definition) is 1. The Morgan fingerprint density at radius 3 is 2.15 bits per heavy atom. The molecule has 2 heterocycles. The molecule has 55 heavy (non-hydrogen) atoms. The average Bonchev–Trinajstić information content (AvgIpc) is 3.65. The molecule has 3 amide bonds. The summed E-state index contributed by atoms with van der Waals surface area (Å²) < 4.78 is 12.8. The van der Waals surface area contributed by atoms with Crippen LogP contribution in [0.1, 0.15) is 24.5 Å². The van der Waals surface area contributed by atoms with Gasteiger partial charge in [0.05, 0.1) is 40.0 Å². The third-order valence-electron chi connectivity index (χ3n) is 11.5. The van der Waals surface area contributed by atoms with E-state index in [0.29, 0.717) is 34.9 Å². The summed E-state index contributed by atoms with van der Waals surface area (Å²) in [4.78, 5) is 47.5. The zero-order chi connectivity index (χ0) is 38.7. The molecule has 0 aliphatic carbocycles. The second-order valence-electron chi connectivity index (χ2n) is 14.9. The summed E-state index contributed by atoms with van der Waals surface area (Å²) in [5.41, 5.74) is 2.59. The second kappa shape index (κ2) is 15.7. The predicted octanol–water partition coefficient (Wildman–Crippen LogP) is 7.30. The lowest BCUT2D eigenvalue weighted by Gasteiger charge is -2.37. The number of aliphatic hydroxyl groups is 1. The van der Waals surface area contributed by atoms with Gasteiger partial charge < -0.3 is 19.5 Å². The molecular weight excluding hydrogens is 707 g/mol. The molecule has 282 valence electrons. The number of ether oxygens (including phenoxy) is 2. The normalized spacial score (nSPS) is 20.3. The van der Waals surface area contributed by atoms with E-state index >= 15 is 4.79 Å². The van der Waals surface area contributed by atoms with Crippen molar-refractivity contribution in [3.63, 3.8) is 0 Å². The molecule has 5 aromatic carbocycles. The standard InChI is InChI=1S/C45H47N3O6Si/c1-32-43(55(3,4)38-23-21-37(53-2)22-24-38)41(29-42(51)46(26-27-49)30-33-14-8-5-9-15-33)54-45(32)39-28-36(47(31-50)34-16-10-6-11-17-34)20-25-40(39)48(44(45)52)35-18-12-7-13-19-35/h5-25,28,31-32,41,43,49H,26-27,29-30H2,1-4H3/t32-,41+,43-,45+/m1/s1. The van der Waals surface area contributed by atoms with E-state index in [1.165, 1.54) is 0 Å². The molecule has 1 fully saturated rings. The summed E-state index contributed by atoms with van der Waals surface area (Å²) in [5.74, 6) is -0.0258. The van der Waals surface area contributed by atoms with Gasteiger partial charge in [-0.1, -0.05) is 104 Å². The summed E-state index contributed by atoms with van der Waals surface area (Å²) in [6.45, 7) is 6.96. The van der Waals surface area contributed by atoms with Crippen LogP contribution < -0.4 is 19.7 Å². The number of fused-ring (bicyclic) bond motifs is 2. The van der Waals surface area contributed by atoms with Gasteiger partial charge in [-0.3, -0.25) is 24.2 Å². The molecule has 0 unspecified atom stereocenters. The number of anilines is 4. The third kappa shape index (κ3) is 6.86. The Bertz CT molecular complexity index is 2130. The van der Waals surface area contributed by atoms with Crippen molar-refractivity contribution in [3.8, 4) is 5.75 Å². The van der Waals surface area contributed by atoms with E-state index in [2.05, 4.69) is 32.2 Å². The first kappa shape index (κ1) is 37.7. The molecule has 1 saturated heterocycles. The van der Waals surface area contributed by atoms with E-state index in [0.717, 1.165) is 22.9 Å². The molecule has 0 bridgehead atoms. The topological polar surface area (TPSA) is 99.6 Å². The van der Waals surface area contributed by atoms with Gasteiger partial charge in [-0.15, -0.1) is 0 Å². The Morgan fingerprint density at radius 1 is 0.891 bits per heavy atom. The van der Waals surface area contributed by atoms with Crippen molar-refractivity contribution in [1.29, 1.82) is 0 Å². The van der Waals surface area contributed by atoms with E-state index in [1.807, 2.05) is 121 Å². The van der Waals surface area contributed by atoms with E-state index in [-0.39, 0.29) is 42.8 Å². The molecule has 7 rings (SSSR count). The molecule has 1 spiro atoms. The maximum atomic E-state index is 15.4. The van der Waals surface area contributed by atoms with Crippen LogP contribution in [0.5, 0.6) is 5.75 Å². The van der Waals surface area contributed by atoms with Gasteiger partial charge in [0, 0.05) is 41.6 Å². The molecule has 10 heteroatoms. The zero-order valence-corrected chi connectivity index (χ0v) is 32.7. The number of nitrogens with zero attached hydrogens (tertiary/aromatic N) is 3. The summed E-state index contributed by atoms with van der Waals surface area (Å²) in [6.07, 6.45) is 0.158. The Hall–Kier alpha value is -5.55. The quantitative estimate of drug-likeness (QED) is 0.100. The number of amides is 3. The first-order valence-corrected chi connectivity index (χ1v) is 21.8. The number of benzene rings is 5. The van der Waals surface area contributed by atoms with E-state index in [9.17, 15) is 14.7 Å². The largest absolute Gasteiger partial charge is 0.497 e. The Labute approximate surface area is 323 Å². The van der Waals surface area contributed by atoms with Gasteiger partial charge in [0.25, 0.3) is 5.91 Å². The van der Waals surface area contributed by atoms with Crippen LogP contribution in [-0.4, -0.2) is 62.7 Å². The minimum absolute atomic E-state index is 0.0221. The number of aliphatic hydroxyl groups excluding tert-OH is 1. The van der Waals surface area contributed by atoms with Crippen LogP contribution in [0.2, 0.25) is 18.6 Å². The van der Waals surface area contributed by atoms with Gasteiger partial charge in [0.15, 0.2) is 5.60 Å². The van der Waals surface area contributed by atoms with Crippen molar-refractivity contribution in [2.75, 3.05) is 30.1 Å². The highest BCUT2D eigenvalue weighted by Crippen LogP contribution is 2.61. The van der Waals surface area contributed by atoms with Crippen molar-refractivity contribution < 1.29 is 29.0 Å². The molecule has 2 aliphatic heterocycles. The third-order valence-corrected chi connectivity index (χ3v) is 15.8. The molecule has 2 aliphatic rings. The smallest absolute Gasteiger partial charge is 0.268 e. The van der Waals surface area contributed by atoms with E-state index < -0.39 is 19.8 Å². The number of carbonyl (C=O) groups excluding carboxylic acids is 3. The molecule has 0 aromatic heterocycles. The SMILES string of the molecule is COc1ccc([Si](C)(C)[C@H]2[C@H](CC(=O)N(CCO)Cc3ccccc3)O[C@@]3(C(=O)N(c4ccccc4)c4ccc(N(C=O)c5ccccc5)cc43)[C@@H]2C)cc1. The van der Waals surface area contributed by atoms with Crippen LogP contribution in [0, 0.1) is 5.92 Å². The number of carbonyl (C=O) groups is 3. The lowest BCUT2D eigenvalue weighted by atomic mass is 9.82. The summed E-state index contributed by atoms with van der Waals surface area (Å²) in [6, 6.07) is 42.4. The monoisotopic (exact) mass is 753 g/mol. The highest BCUT2D eigenvalue weighted by Gasteiger charge is 2.67. The van der Waals surface area contributed by atoms with E-state index in [1.54, 1.807) is 21.8 Å². The Morgan fingerprint density at radius 2 is 1.53 bits per heavy atom. The maximum Gasteiger partial charge on any atom is 0.268 e. The predicted molar refractivity (Wildman–Crippen MR) is 218 cm³/mol. The average molecular weight is 754 g/mol. The van der Waals surface area contributed by atoms with Crippen LogP contribution in [-0.2, 0) is 31.3 Å². The fraction of sp³-hybridized carbons (Fsp3) is 0.267. The fourth-order valence-corrected chi connectivity index (χ4v) is 12.8. The summed E-state index contributed by atoms with van der Waals surface area (Å²) in [5, 5.41) is 11.2. The molecule has 9 nitrogen and oxygen atoms in total. The van der Waals surface area contributed by atoms with Crippen LogP contribution in [0.3, 0.4) is 0 Å². The molecule has 0 radical (unpaired) electrons. The van der Waals surface area contributed by atoms with Gasteiger partial charge in [-0.05, 0) is 65.7 Å². The highest BCUT2D eigenvalue weighted by molar-refractivity contribution is 6.91. The van der Waals surface area contributed by atoms with Crippen molar-refractivity contribution in [3.05, 3.63) is 145 Å². The van der Waals surface area contributed by atoms with Gasteiger partial charge in [0.1, 0.15) is 5.75 Å². The van der Waals surface area contributed by atoms with Crippen LogP contribution in [0.4, 0.5) is 22.7 Å². The number of rotatable bonds is 13. The lowest BCUT2D eigenvalue weighted by molar-refractivity contribution is -0.149.